The lowest BCUT2D eigenvalue weighted by molar-refractivity contribution is -0.0847. The monoisotopic (exact) mass is 295 g/mol. The minimum Gasteiger partial charge on any atom is -0.367 e. The summed E-state index contributed by atoms with van der Waals surface area (Å²) in [4.78, 5) is 4.66. The Kier molecular flexibility index (Phi) is 5.76. The minimum absolute atomic E-state index is 0.260. The third-order valence-electron chi connectivity index (χ3n) is 4.61. The highest BCUT2D eigenvalue weighted by atomic mass is 16.5. The van der Waals surface area contributed by atoms with Gasteiger partial charge in [-0.1, -0.05) is 19.0 Å². The van der Waals surface area contributed by atoms with Crippen LogP contribution in [0.25, 0.3) is 0 Å². The van der Waals surface area contributed by atoms with Gasteiger partial charge in [0.2, 0.25) is 11.7 Å². The van der Waals surface area contributed by atoms with Gasteiger partial charge in [0.25, 0.3) is 0 Å². The van der Waals surface area contributed by atoms with Gasteiger partial charge in [-0.3, -0.25) is 0 Å². The minimum atomic E-state index is -0.337. The fourth-order valence-electron chi connectivity index (χ4n) is 3.11. The molecule has 1 saturated carbocycles. The quantitative estimate of drug-likeness (QED) is 0.835. The maximum atomic E-state index is 6.07. The van der Waals surface area contributed by atoms with Crippen LogP contribution < -0.4 is 5.73 Å². The predicted molar refractivity (Wildman–Crippen MR) is 81.9 cm³/mol. The van der Waals surface area contributed by atoms with Crippen molar-refractivity contribution < 1.29 is 9.26 Å². The van der Waals surface area contributed by atoms with Gasteiger partial charge in [-0.2, -0.15) is 4.98 Å². The zero-order valence-corrected chi connectivity index (χ0v) is 13.6. The molecule has 0 bridgehead atoms. The lowest BCUT2D eigenvalue weighted by Crippen LogP contribution is -2.35. The van der Waals surface area contributed by atoms with E-state index >= 15 is 0 Å². The standard InChI is InChI=1S/C16H29N3O2/c1-4-20-16(9-7-12(2)8-10-16)15-18-14(21-19-15)13(3)6-5-11-17/h12-13H,4-11,17H2,1-3H3. The third-order valence-corrected chi connectivity index (χ3v) is 4.61. The molecule has 1 atom stereocenters. The molecule has 1 heterocycles. The number of hydrogen-bond donors (Lipinski definition) is 1. The first-order chi connectivity index (χ1) is 10.1. The van der Waals surface area contributed by atoms with E-state index in [1.807, 2.05) is 6.92 Å². The molecule has 1 aliphatic carbocycles. The van der Waals surface area contributed by atoms with Crippen molar-refractivity contribution >= 4 is 0 Å². The maximum Gasteiger partial charge on any atom is 0.229 e. The van der Waals surface area contributed by atoms with Crippen LogP contribution in [0.15, 0.2) is 4.52 Å². The number of ether oxygens (including phenoxy) is 1. The summed E-state index contributed by atoms with van der Waals surface area (Å²) in [5, 5.41) is 4.24. The van der Waals surface area contributed by atoms with Crippen LogP contribution in [0.4, 0.5) is 0 Å². The molecule has 2 N–H and O–H groups in total. The molecule has 0 aliphatic heterocycles. The van der Waals surface area contributed by atoms with Crippen LogP contribution in [0, 0.1) is 5.92 Å². The predicted octanol–water partition coefficient (Wildman–Crippen LogP) is 3.35. The van der Waals surface area contributed by atoms with Crippen LogP contribution in [0.3, 0.4) is 0 Å². The average Bonchev–Trinajstić information content (AvgIpc) is 2.98. The van der Waals surface area contributed by atoms with Crippen LogP contribution in [0.1, 0.15) is 76.9 Å². The molecule has 0 radical (unpaired) electrons. The Hall–Kier alpha value is -0.940. The molecule has 5 nitrogen and oxygen atoms in total. The molecule has 21 heavy (non-hydrogen) atoms. The Labute approximate surface area is 127 Å². The molecule has 0 spiro atoms. The second-order valence-electron chi connectivity index (χ2n) is 6.40. The zero-order chi connectivity index (χ0) is 15.3. The van der Waals surface area contributed by atoms with Gasteiger partial charge in [-0.05, 0) is 57.9 Å². The smallest absolute Gasteiger partial charge is 0.229 e. The molecule has 0 aromatic carbocycles. The van der Waals surface area contributed by atoms with E-state index in [0.717, 1.165) is 56.2 Å². The highest BCUT2D eigenvalue weighted by Crippen LogP contribution is 2.41. The fraction of sp³-hybridized carbons (Fsp3) is 0.875. The van der Waals surface area contributed by atoms with Gasteiger partial charge < -0.3 is 15.0 Å². The highest BCUT2D eigenvalue weighted by Gasteiger charge is 2.41. The van der Waals surface area contributed by atoms with Crippen LogP contribution in [0.5, 0.6) is 0 Å². The van der Waals surface area contributed by atoms with E-state index in [2.05, 4.69) is 24.0 Å². The van der Waals surface area contributed by atoms with Crippen LogP contribution in [-0.2, 0) is 10.3 Å². The zero-order valence-electron chi connectivity index (χ0n) is 13.6. The molecule has 0 amide bonds. The van der Waals surface area contributed by atoms with Gasteiger partial charge in [0.1, 0.15) is 5.60 Å². The van der Waals surface area contributed by atoms with Crippen molar-refractivity contribution in [2.75, 3.05) is 13.2 Å². The summed E-state index contributed by atoms with van der Waals surface area (Å²) < 4.78 is 11.6. The van der Waals surface area contributed by atoms with Crippen molar-refractivity contribution in [3.05, 3.63) is 11.7 Å². The SMILES string of the molecule is CCOC1(c2noc(C(C)CCCN)n2)CCC(C)CC1. The van der Waals surface area contributed by atoms with Crippen LogP contribution in [0.2, 0.25) is 0 Å². The summed E-state index contributed by atoms with van der Waals surface area (Å²) >= 11 is 0. The van der Waals surface area contributed by atoms with Crippen molar-refractivity contribution in [2.45, 2.75) is 70.8 Å². The Balaban J connectivity index is 2.12. The van der Waals surface area contributed by atoms with E-state index in [4.69, 9.17) is 15.0 Å². The van der Waals surface area contributed by atoms with Crippen molar-refractivity contribution in [3.63, 3.8) is 0 Å². The van der Waals surface area contributed by atoms with Crippen molar-refractivity contribution in [1.82, 2.24) is 10.1 Å². The summed E-state index contributed by atoms with van der Waals surface area (Å²) in [7, 11) is 0. The van der Waals surface area contributed by atoms with Gasteiger partial charge in [-0.25, -0.2) is 0 Å². The number of rotatable bonds is 7. The van der Waals surface area contributed by atoms with Crippen molar-refractivity contribution in [2.24, 2.45) is 11.7 Å². The number of nitrogens with two attached hydrogens (primary N) is 1. The summed E-state index contributed by atoms with van der Waals surface area (Å²) in [5.41, 5.74) is 5.23. The Morgan fingerprint density at radius 2 is 2.14 bits per heavy atom. The fourth-order valence-corrected chi connectivity index (χ4v) is 3.11. The summed E-state index contributed by atoms with van der Waals surface area (Å²) in [6.45, 7) is 7.83. The lowest BCUT2D eigenvalue weighted by atomic mass is 9.79. The summed E-state index contributed by atoms with van der Waals surface area (Å²) in [6.07, 6.45) is 6.25. The number of nitrogens with zero attached hydrogens (tertiary/aromatic N) is 2. The molecule has 5 heteroatoms. The van der Waals surface area contributed by atoms with Gasteiger partial charge >= 0.3 is 0 Å². The Morgan fingerprint density at radius 1 is 1.43 bits per heavy atom. The summed E-state index contributed by atoms with van der Waals surface area (Å²) in [5.74, 6) is 2.48. The van der Waals surface area contributed by atoms with E-state index < -0.39 is 0 Å². The highest BCUT2D eigenvalue weighted by molar-refractivity contribution is 5.05. The molecule has 0 saturated heterocycles. The van der Waals surface area contributed by atoms with Crippen molar-refractivity contribution in [3.8, 4) is 0 Å². The maximum absolute atomic E-state index is 6.07. The van der Waals surface area contributed by atoms with Gasteiger partial charge in [0, 0.05) is 12.5 Å². The molecular weight excluding hydrogens is 266 g/mol. The molecule has 2 rings (SSSR count). The van der Waals surface area contributed by atoms with Crippen LogP contribution in [-0.4, -0.2) is 23.3 Å². The van der Waals surface area contributed by atoms with Gasteiger partial charge in [-0.15, -0.1) is 0 Å². The third kappa shape index (κ3) is 3.83. The van der Waals surface area contributed by atoms with E-state index in [1.54, 1.807) is 0 Å². The molecule has 1 aliphatic rings. The lowest BCUT2D eigenvalue weighted by Gasteiger charge is -2.36. The largest absolute Gasteiger partial charge is 0.367 e. The first kappa shape index (κ1) is 16.4. The topological polar surface area (TPSA) is 74.2 Å². The average molecular weight is 295 g/mol. The molecule has 1 fully saturated rings. The second kappa shape index (κ2) is 7.36. The first-order valence-corrected chi connectivity index (χ1v) is 8.29. The first-order valence-electron chi connectivity index (χ1n) is 8.29. The van der Waals surface area contributed by atoms with Gasteiger partial charge in [0.05, 0.1) is 0 Å². The van der Waals surface area contributed by atoms with Crippen molar-refractivity contribution in [1.29, 1.82) is 0 Å². The van der Waals surface area contributed by atoms with E-state index in [9.17, 15) is 0 Å². The number of hydrogen-bond acceptors (Lipinski definition) is 5. The summed E-state index contributed by atoms with van der Waals surface area (Å²) in [6, 6.07) is 0. The van der Waals surface area contributed by atoms with Crippen LogP contribution >= 0.6 is 0 Å². The van der Waals surface area contributed by atoms with Gasteiger partial charge in [0.15, 0.2) is 0 Å². The molecule has 1 unspecified atom stereocenters. The normalized spacial score (nSPS) is 27.7. The second-order valence-corrected chi connectivity index (χ2v) is 6.40. The Morgan fingerprint density at radius 3 is 2.76 bits per heavy atom. The Bertz CT molecular complexity index is 425. The molecule has 120 valence electrons. The van der Waals surface area contributed by atoms with E-state index in [1.165, 1.54) is 0 Å². The number of aromatic nitrogens is 2. The molecule has 1 aromatic rings. The molecule has 1 aromatic heterocycles. The van der Waals surface area contributed by atoms with E-state index in [0.29, 0.717) is 13.2 Å². The molecular formula is C16H29N3O2. The van der Waals surface area contributed by atoms with E-state index in [-0.39, 0.29) is 11.5 Å².